The fraction of sp³-hybridized carbons (Fsp3) is 0.238. The molecule has 0 saturated heterocycles. The molecule has 0 unspecified atom stereocenters. The van der Waals surface area contributed by atoms with Crippen molar-refractivity contribution < 1.29 is 12.9 Å². The van der Waals surface area contributed by atoms with Crippen LogP contribution in [-0.2, 0) is 9.84 Å². The number of fused-ring (bicyclic) bond motifs is 1. The maximum Gasteiger partial charge on any atom is 0.257 e. The summed E-state index contributed by atoms with van der Waals surface area (Å²) in [6, 6.07) is 6.69. The summed E-state index contributed by atoms with van der Waals surface area (Å²) < 4.78 is 30.4. The van der Waals surface area contributed by atoms with E-state index in [9.17, 15) is 8.42 Å². The predicted octanol–water partition coefficient (Wildman–Crippen LogP) is 3.79. The summed E-state index contributed by atoms with van der Waals surface area (Å²) in [6.07, 6.45) is 8.93. The molecule has 1 aliphatic rings. The summed E-state index contributed by atoms with van der Waals surface area (Å²) >= 11 is 1.47. The van der Waals surface area contributed by atoms with Crippen molar-refractivity contribution in [3.63, 3.8) is 0 Å². The summed E-state index contributed by atoms with van der Waals surface area (Å²) in [5.41, 5.74) is 2.47. The summed E-state index contributed by atoms with van der Waals surface area (Å²) in [4.78, 5) is 12.1. The third-order valence-electron chi connectivity index (χ3n) is 5.00. The van der Waals surface area contributed by atoms with Crippen molar-refractivity contribution in [1.82, 2.24) is 24.7 Å². The topological polar surface area (TPSA) is 106 Å². The van der Waals surface area contributed by atoms with Crippen LogP contribution in [0.5, 0.6) is 0 Å². The lowest BCUT2D eigenvalue weighted by atomic mass is 10.2. The van der Waals surface area contributed by atoms with E-state index in [4.69, 9.17) is 4.52 Å². The van der Waals surface area contributed by atoms with Crippen molar-refractivity contribution in [2.24, 2.45) is 0 Å². The molecule has 1 aliphatic heterocycles. The Kier molecular flexibility index (Phi) is 4.94. The van der Waals surface area contributed by atoms with Gasteiger partial charge in [-0.15, -0.1) is 5.10 Å². The van der Waals surface area contributed by atoms with E-state index in [1.165, 1.54) is 17.6 Å². The Bertz CT molecular complexity index is 1430. The number of benzene rings is 1. The molecule has 0 amide bonds. The number of sulfone groups is 1. The molecule has 1 aromatic carbocycles. The third kappa shape index (κ3) is 3.84. The highest BCUT2D eigenvalue weighted by molar-refractivity contribution is 7.90. The number of hydrogen-bond acceptors (Lipinski definition) is 9. The Balaban J connectivity index is 1.33. The van der Waals surface area contributed by atoms with Crippen LogP contribution in [0.15, 0.2) is 58.2 Å². The first kappa shape index (κ1) is 20.6. The van der Waals surface area contributed by atoms with Crippen LogP contribution >= 0.6 is 11.3 Å². The van der Waals surface area contributed by atoms with E-state index in [2.05, 4.69) is 20.2 Å². The van der Waals surface area contributed by atoms with E-state index in [-0.39, 0.29) is 10.8 Å². The minimum Gasteiger partial charge on any atom is -0.334 e. The highest BCUT2D eigenvalue weighted by Gasteiger charge is 2.18. The van der Waals surface area contributed by atoms with Crippen LogP contribution in [0.4, 0.5) is 5.13 Å². The Morgan fingerprint density at radius 1 is 1.16 bits per heavy atom. The molecule has 0 aliphatic carbocycles. The Morgan fingerprint density at radius 2 is 1.94 bits per heavy atom. The first-order valence-corrected chi connectivity index (χ1v) is 12.6. The van der Waals surface area contributed by atoms with Gasteiger partial charge in [0.2, 0.25) is 10.1 Å². The second-order valence-electron chi connectivity index (χ2n) is 7.77. The van der Waals surface area contributed by atoms with Gasteiger partial charge in [0.25, 0.3) is 5.89 Å². The van der Waals surface area contributed by atoms with E-state index >= 15 is 0 Å². The number of aromatic nitrogens is 5. The van der Waals surface area contributed by atoms with E-state index < -0.39 is 9.84 Å². The minimum atomic E-state index is -3.22. The van der Waals surface area contributed by atoms with Crippen molar-refractivity contribution in [3.8, 4) is 11.3 Å². The van der Waals surface area contributed by atoms with Gasteiger partial charge >= 0.3 is 0 Å². The summed E-state index contributed by atoms with van der Waals surface area (Å²) in [5, 5.41) is 9.46. The zero-order valence-corrected chi connectivity index (χ0v) is 19.3. The van der Waals surface area contributed by atoms with Crippen molar-refractivity contribution >= 4 is 36.8 Å². The number of nitrogens with zero attached hydrogens (tertiary/aromatic N) is 6. The number of anilines is 1. The second kappa shape index (κ2) is 7.68. The minimum absolute atomic E-state index is 0.214. The van der Waals surface area contributed by atoms with Gasteiger partial charge in [-0.2, -0.15) is 4.98 Å². The summed E-state index contributed by atoms with van der Waals surface area (Å²) in [5.74, 6) is 1.43. The molecule has 0 bridgehead atoms. The highest BCUT2D eigenvalue weighted by Crippen LogP contribution is 2.29. The van der Waals surface area contributed by atoms with Gasteiger partial charge in [-0.05, 0) is 18.2 Å². The van der Waals surface area contributed by atoms with Crippen molar-refractivity contribution in [3.05, 3.63) is 60.5 Å². The monoisotopic (exact) mass is 468 g/mol. The molecule has 0 radical (unpaired) electrons. The highest BCUT2D eigenvalue weighted by atomic mass is 32.2. The number of rotatable bonds is 5. The number of imidazole rings is 1. The molecular formula is C21H20N6O3S2. The molecule has 0 fully saturated rings. The van der Waals surface area contributed by atoms with Crippen LogP contribution in [0.1, 0.15) is 31.5 Å². The van der Waals surface area contributed by atoms with E-state index in [0.29, 0.717) is 18.3 Å². The normalized spacial score (nSPS) is 14.5. The lowest BCUT2D eigenvalue weighted by molar-refractivity contribution is 0.398. The molecule has 0 N–H and O–H groups in total. The lowest BCUT2D eigenvalue weighted by Gasteiger charge is -2.18. The molecule has 0 saturated carbocycles. The van der Waals surface area contributed by atoms with E-state index in [1.54, 1.807) is 28.8 Å². The van der Waals surface area contributed by atoms with Gasteiger partial charge in [0.15, 0.2) is 15.7 Å². The molecule has 0 atom stereocenters. The zero-order valence-electron chi connectivity index (χ0n) is 17.6. The Labute approximate surface area is 188 Å². The van der Waals surface area contributed by atoms with Gasteiger partial charge in [0.05, 0.1) is 16.8 Å². The maximum absolute atomic E-state index is 11.6. The molecule has 9 nitrogen and oxygen atoms in total. The first-order chi connectivity index (χ1) is 15.3. The standard InChI is InChI=1S/C21H20N6O3S2/c1-13(2)18-23-19(30-25-18)15-8-10-26(11-9-15)21-24-27-12-17(22-20(27)31-21)14-4-6-16(7-5-14)32(3,28)29/h4-10,12-13H,11H2,1-3H3. The van der Waals surface area contributed by atoms with Crippen LogP contribution < -0.4 is 4.90 Å². The summed E-state index contributed by atoms with van der Waals surface area (Å²) in [6.45, 7) is 4.68. The predicted molar refractivity (Wildman–Crippen MR) is 122 cm³/mol. The van der Waals surface area contributed by atoms with E-state index in [0.717, 1.165) is 26.9 Å². The molecule has 4 heterocycles. The van der Waals surface area contributed by atoms with E-state index in [1.807, 2.05) is 43.3 Å². The van der Waals surface area contributed by atoms with Crippen LogP contribution in [0.3, 0.4) is 0 Å². The molecule has 0 spiro atoms. The maximum atomic E-state index is 11.6. The van der Waals surface area contributed by atoms with Crippen molar-refractivity contribution in [1.29, 1.82) is 0 Å². The molecule has 5 rings (SSSR count). The fourth-order valence-electron chi connectivity index (χ4n) is 3.20. The smallest absolute Gasteiger partial charge is 0.257 e. The van der Waals surface area contributed by atoms with Gasteiger partial charge in [-0.1, -0.05) is 48.5 Å². The number of hydrogen-bond donors (Lipinski definition) is 0. The van der Waals surface area contributed by atoms with Crippen LogP contribution in [-0.4, -0.2) is 46.0 Å². The van der Waals surface area contributed by atoms with Crippen molar-refractivity contribution in [2.45, 2.75) is 24.7 Å². The largest absolute Gasteiger partial charge is 0.334 e. The van der Waals surface area contributed by atoms with Gasteiger partial charge in [0.1, 0.15) is 0 Å². The third-order valence-corrected chi connectivity index (χ3v) is 7.09. The average Bonchev–Trinajstić information content (AvgIpc) is 3.48. The molecule has 4 aromatic rings. The van der Waals surface area contributed by atoms with Gasteiger partial charge in [0, 0.05) is 36.1 Å². The quantitative estimate of drug-likeness (QED) is 0.436. The Morgan fingerprint density at radius 3 is 2.53 bits per heavy atom. The van der Waals surface area contributed by atoms with Crippen LogP contribution in [0.2, 0.25) is 0 Å². The first-order valence-electron chi connectivity index (χ1n) is 9.93. The average molecular weight is 469 g/mol. The second-order valence-corrected chi connectivity index (χ2v) is 10.7. The Hall–Kier alpha value is -3.31. The van der Waals surface area contributed by atoms with Gasteiger partial charge in [-0.25, -0.2) is 17.9 Å². The van der Waals surface area contributed by atoms with Crippen molar-refractivity contribution in [2.75, 3.05) is 17.7 Å². The van der Waals surface area contributed by atoms with Gasteiger partial charge < -0.3 is 9.42 Å². The van der Waals surface area contributed by atoms with Gasteiger partial charge in [-0.3, -0.25) is 0 Å². The SMILES string of the molecule is CC(C)c1noc(C2=CCN(c3nn4cc(-c5ccc(S(C)(=O)=O)cc5)nc4s3)C=C2)n1. The lowest BCUT2D eigenvalue weighted by Crippen LogP contribution is -2.18. The molecule has 164 valence electrons. The zero-order chi connectivity index (χ0) is 22.5. The molecular weight excluding hydrogens is 448 g/mol. The molecule has 11 heteroatoms. The summed E-state index contributed by atoms with van der Waals surface area (Å²) in [7, 11) is -3.22. The molecule has 3 aromatic heterocycles. The number of allylic oxidation sites excluding steroid dienone is 2. The molecule has 32 heavy (non-hydrogen) atoms. The fourth-order valence-corrected chi connectivity index (χ4v) is 4.71. The van der Waals surface area contributed by atoms with Crippen LogP contribution in [0, 0.1) is 0 Å². The van der Waals surface area contributed by atoms with Crippen LogP contribution in [0.25, 0.3) is 21.8 Å².